The largest absolute Gasteiger partial charge is 0.368 e. The van der Waals surface area contributed by atoms with Crippen molar-refractivity contribution < 1.29 is 9.59 Å². The summed E-state index contributed by atoms with van der Waals surface area (Å²) in [5.74, 6) is 0.162. The highest BCUT2D eigenvalue weighted by Gasteiger charge is 2.28. The smallest absolute Gasteiger partial charge is 0.235 e. The fourth-order valence-electron chi connectivity index (χ4n) is 1.60. The van der Waals surface area contributed by atoms with E-state index >= 15 is 0 Å². The van der Waals surface area contributed by atoms with Crippen molar-refractivity contribution in [3.63, 3.8) is 0 Å². The number of amides is 2. The highest BCUT2D eigenvalue weighted by atomic mass is 16.2. The van der Waals surface area contributed by atoms with Crippen LogP contribution in [0.15, 0.2) is 0 Å². The number of hydrogen-bond donors (Lipinski definition) is 3. The minimum Gasteiger partial charge on any atom is -0.368 e. The second kappa shape index (κ2) is 4.82. The number of carbonyl (C=O) groups excluding carboxylic acids is 2. The van der Waals surface area contributed by atoms with Gasteiger partial charge in [0, 0.05) is 6.04 Å². The Bertz CT molecular complexity index is 285. The molecule has 90 valence electrons. The van der Waals surface area contributed by atoms with E-state index in [0.29, 0.717) is 12.0 Å². The normalized spacial score (nSPS) is 21.5. The molecule has 16 heavy (non-hydrogen) atoms. The SMILES string of the molecule is NC(=O)C(CC(=O)NC1CC1)NCC1CC1. The first kappa shape index (κ1) is 11.4. The van der Waals surface area contributed by atoms with Crippen LogP contribution >= 0.6 is 0 Å². The summed E-state index contributed by atoms with van der Waals surface area (Å²) in [6.07, 6.45) is 4.71. The van der Waals surface area contributed by atoms with Crippen LogP contribution < -0.4 is 16.4 Å². The first-order valence-corrected chi connectivity index (χ1v) is 5.97. The first-order valence-electron chi connectivity index (χ1n) is 5.97. The third-order valence-corrected chi connectivity index (χ3v) is 3.03. The van der Waals surface area contributed by atoms with Crippen LogP contribution in [0.4, 0.5) is 0 Å². The van der Waals surface area contributed by atoms with E-state index in [1.807, 2.05) is 0 Å². The van der Waals surface area contributed by atoms with E-state index in [4.69, 9.17) is 5.73 Å². The Morgan fingerprint density at radius 3 is 2.44 bits per heavy atom. The minimum atomic E-state index is -0.514. The molecule has 0 saturated heterocycles. The highest BCUT2D eigenvalue weighted by Crippen LogP contribution is 2.27. The van der Waals surface area contributed by atoms with Crippen LogP contribution in [0.5, 0.6) is 0 Å². The highest BCUT2D eigenvalue weighted by molar-refractivity contribution is 5.87. The van der Waals surface area contributed by atoms with Gasteiger partial charge < -0.3 is 16.4 Å². The van der Waals surface area contributed by atoms with Crippen LogP contribution in [0.1, 0.15) is 32.1 Å². The average molecular weight is 225 g/mol. The number of rotatable bonds is 7. The van der Waals surface area contributed by atoms with E-state index in [1.54, 1.807) is 0 Å². The molecule has 2 saturated carbocycles. The molecule has 2 fully saturated rings. The summed E-state index contributed by atoms with van der Waals surface area (Å²) >= 11 is 0. The number of primary amides is 1. The summed E-state index contributed by atoms with van der Waals surface area (Å²) in [4.78, 5) is 22.7. The van der Waals surface area contributed by atoms with Crippen LogP contribution in [-0.4, -0.2) is 30.4 Å². The molecule has 0 aromatic heterocycles. The van der Waals surface area contributed by atoms with Gasteiger partial charge in [0.2, 0.25) is 11.8 Å². The first-order chi connectivity index (χ1) is 7.65. The van der Waals surface area contributed by atoms with Crippen LogP contribution in [-0.2, 0) is 9.59 Å². The molecule has 0 bridgehead atoms. The molecule has 2 aliphatic rings. The molecule has 4 N–H and O–H groups in total. The Kier molecular flexibility index (Phi) is 3.43. The maximum atomic E-state index is 11.5. The molecular weight excluding hydrogens is 206 g/mol. The lowest BCUT2D eigenvalue weighted by atomic mass is 10.1. The zero-order chi connectivity index (χ0) is 11.5. The molecule has 5 nitrogen and oxygen atoms in total. The van der Waals surface area contributed by atoms with Gasteiger partial charge in [-0.1, -0.05) is 0 Å². The summed E-state index contributed by atoms with van der Waals surface area (Å²) < 4.78 is 0. The summed E-state index contributed by atoms with van der Waals surface area (Å²) in [6.45, 7) is 0.796. The van der Waals surface area contributed by atoms with Crippen molar-refractivity contribution in [3.8, 4) is 0 Å². The van der Waals surface area contributed by atoms with Gasteiger partial charge in [0.25, 0.3) is 0 Å². The minimum absolute atomic E-state index is 0.0744. The summed E-state index contributed by atoms with van der Waals surface area (Å²) in [5, 5.41) is 5.93. The van der Waals surface area contributed by atoms with Crippen molar-refractivity contribution in [1.82, 2.24) is 10.6 Å². The summed E-state index contributed by atoms with van der Waals surface area (Å²) in [5.41, 5.74) is 5.26. The Balaban J connectivity index is 1.71. The van der Waals surface area contributed by atoms with Crippen molar-refractivity contribution in [2.75, 3.05) is 6.54 Å². The molecule has 2 amide bonds. The fraction of sp³-hybridized carbons (Fsp3) is 0.818. The number of carbonyl (C=O) groups is 2. The molecule has 2 rings (SSSR count). The topological polar surface area (TPSA) is 84.2 Å². The summed E-state index contributed by atoms with van der Waals surface area (Å²) in [6, 6.07) is -0.177. The molecule has 0 heterocycles. The van der Waals surface area contributed by atoms with Gasteiger partial charge >= 0.3 is 0 Å². The zero-order valence-corrected chi connectivity index (χ0v) is 9.37. The maximum Gasteiger partial charge on any atom is 0.235 e. The van der Waals surface area contributed by atoms with Crippen molar-refractivity contribution in [1.29, 1.82) is 0 Å². The van der Waals surface area contributed by atoms with Crippen LogP contribution in [0.25, 0.3) is 0 Å². The van der Waals surface area contributed by atoms with E-state index in [9.17, 15) is 9.59 Å². The van der Waals surface area contributed by atoms with E-state index in [1.165, 1.54) is 12.8 Å². The standard InChI is InChI=1S/C11H19N3O2/c12-11(16)9(13-6-7-1-2-7)5-10(15)14-8-3-4-8/h7-9,13H,1-6H2,(H2,12,16)(H,14,15). The van der Waals surface area contributed by atoms with Gasteiger partial charge in [-0.25, -0.2) is 0 Å². The number of hydrogen-bond acceptors (Lipinski definition) is 3. The molecule has 0 aromatic carbocycles. The number of nitrogens with one attached hydrogen (secondary N) is 2. The molecule has 0 aliphatic heterocycles. The third-order valence-electron chi connectivity index (χ3n) is 3.03. The second-order valence-electron chi connectivity index (χ2n) is 4.85. The molecule has 2 aliphatic carbocycles. The van der Waals surface area contributed by atoms with Crippen molar-refractivity contribution in [3.05, 3.63) is 0 Å². The van der Waals surface area contributed by atoms with Gasteiger partial charge in [-0.3, -0.25) is 9.59 Å². The predicted molar refractivity (Wildman–Crippen MR) is 59.5 cm³/mol. The average Bonchev–Trinajstić information content (AvgIpc) is 3.05. The van der Waals surface area contributed by atoms with Crippen molar-refractivity contribution in [2.24, 2.45) is 11.7 Å². The van der Waals surface area contributed by atoms with E-state index in [0.717, 1.165) is 19.4 Å². The number of nitrogens with two attached hydrogens (primary N) is 1. The Morgan fingerprint density at radius 2 is 1.94 bits per heavy atom. The quantitative estimate of drug-likeness (QED) is 0.546. The molecule has 0 aromatic rings. The predicted octanol–water partition coefficient (Wildman–Crippen LogP) is -0.491. The Labute approximate surface area is 95.1 Å². The van der Waals surface area contributed by atoms with Crippen LogP contribution in [0.2, 0.25) is 0 Å². The van der Waals surface area contributed by atoms with Crippen molar-refractivity contribution >= 4 is 11.8 Å². The Morgan fingerprint density at radius 1 is 1.25 bits per heavy atom. The molecular formula is C11H19N3O2. The lowest BCUT2D eigenvalue weighted by molar-refractivity contribution is -0.126. The monoisotopic (exact) mass is 225 g/mol. The summed E-state index contributed by atoms with van der Waals surface area (Å²) in [7, 11) is 0. The van der Waals surface area contributed by atoms with Crippen LogP contribution in [0.3, 0.4) is 0 Å². The van der Waals surface area contributed by atoms with Crippen molar-refractivity contribution in [2.45, 2.75) is 44.2 Å². The molecule has 5 heteroatoms. The maximum absolute atomic E-state index is 11.5. The van der Waals surface area contributed by atoms with E-state index in [-0.39, 0.29) is 12.3 Å². The lowest BCUT2D eigenvalue weighted by Gasteiger charge is -2.14. The zero-order valence-electron chi connectivity index (χ0n) is 9.37. The lowest BCUT2D eigenvalue weighted by Crippen LogP contribution is -2.45. The fourth-order valence-corrected chi connectivity index (χ4v) is 1.60. The second-order valence-corrected chi connectivity index (χ2v) is 4.85. The Hall–Kier alpha value is -1.10. The van der Waals surface area contributed by atoms with E-state index in [2.05, 4.69) is 10.6 Å². The van der Waals surface area contributed by atoms with Crippen LogP contribution in [0, 0.1) is 5.92 Å². The molecule has 1 atom stereocenters. The van der Waals surface area contributed by atoms with Gasteiger partial charge in [0.1, 0.15) is 0 Å². The van der Waals surface area contributed by atoms with Gasteiger partial charge in [-0.05, 0) is 38.1 Å². The molecule has 1 unspecified atom stereocenters. The molecule has 0 spiro atoms. The van der Waals surface area contributed by atoms with Gasteiger partial charge in [-0.15, -0.1) is 0 Å². The van der Waals surface area contributed by atoms with Gasteiger partial charge in [-0.2, -0.15) is 0 Å². The van der Waals surface area contributed by atoms with E-state index < -0.39 is 11.9 Å². The van der Waals surface area contributed by atoms with Gasteiger partial charge in [0.15, 0.2) is 0 Å². The third kappa shape index (κ3) is 3.81. The van der Waals surface area contributed by atoms with Gasteiger partial charge in [0.05, 0.1) is 12.5 Å². The molecule has 0 radical (unpaired) electrons.